The molecule has 156 valence electrons. The van der Waals surface area contributed by atoms with Crippen LogP contribution in [0, 0.1) is 6.92 Å². The topological polar surface area (TPSA) is 73.0 Å². The highest BCUT2D eigenvalue weighted by molar-refractivity contribution is 5.83. The highest BCUT2D eigenvalue weighted by Crippen LogP contribution is 2.41. The number of likely N-dealkylation sites (tertiary alicyclic amines) is 1. The maximum Gasteiger partial charge on any atom is 0.293 e. The van der Waals surface area contributed by atoms with Gasteiger partial charge in [0.1, 0.15) is 12.1 Å². The standard InChI is InChI=1S/C23H27N5O2/c1-16-8-4-5-9-19(16)28-22-18(14-24-28)21(17-10-11-17)25-27(23(22)30)15-20(29)26-12-6-2-3-7-13-26/h4-5,8-9,14,17H,2-3,6-7,10-13,15H2,1H3. The van der Waals surface area contributed by atoms with E-state index in [1.807, 2.05) is 36.1 Å². The van der Waals surface area contributed by atoms with E-state index in [0.717, 1.165) is 73.9 Å². The van der Waals surface area contributed by atoms with Crippen LogP contribution in [0.5, 0.6) is 0 Å². The quantitative estimate of drug-likeness (QED) is 0.668. The van der Waals surface area contributed by atoms with Gasteiger partial charge in [-0.15, -0.1) is 0 Å². The average Bonchev–Trinajstić information content (AvgIpc) is 3.54. The molecule has 1 saturated carbocycles. The first kappa shape index (κ1) is 19.0. The Morgan fingerprint density at radius 3 is 2.53 bits per heavy atom. The van der Waals surface area contributed by atoms with Crippen molar-refractivity contribution in [3.8, 4) is 5.69 Å². The molecule has 3 aromatic rings. The van der Waals surface area contributed by atoms with Crippen LogP contribution in [0.25, 0.3) is 16.6 Å². The van der Waals surface area contributed by atoms with Gasteiger partial charge in [-0.25, -0.2) is 9.36 Å². The third-order valence-corrected chi connectivity index (χ3v) is 6.26. The van der Waals surface area contributed by atoms with Gasteiger partial charge in [0.25, 0.3) is 5.56 Å². The number of hydrogen-bond acceptors (Lipinski definition) is 4. The lowest BCUT2D eigenvalue weighted by atomic mass is 10.2. The van der Waals surface area contributed by atoms with Gasteiger partial charge in [-0.05, 0) is 44.2 Å². The Balaban J connectivity index is 1.59. The maximum atomic E-state index is 13.4. The van der Waals surface area contributed by atoms with E-state index >= 15 is 0 Å². The summed E-state index contributed by atoms with van der Waals surface area (Å²) in [6.07, 6.45) is 8.27. The Bertz CT molecular complexity index is 1150. The molecule has 7 heteroatoms. The highest BCUT2D eigenvalue weighted by Gasteiger charge is 2.31. The largest absolute Gasteiger partial charge is 0.341 e. The molecule has 1 aliphatic heterocycles. The molecule has 1 aromatic carbocycles. The second kappa shape index (κ2) is 7.70. The number of benzene rings is 1. The third kappa shape index (κ3) is 3.42. The first-order chi connectivity index (χ1) is 14.6. The zero-order chi connectivity index (χ0) is 20.7. The van der Waals surface area contributed by atoms with Crippen molar-refractivity contribution in [1.82, 2.24) is 24.5 Å². The molecule has 7 nitrogen and oxygen atoms in total. The van der Waals surface area contributed by atoms with Crippen molar-refractivity contribution in [2.24, 2.45) is 0 Å². The van der Waals surface area contributed by atoms with E-state index in [0.29, 0.717) is 11.4 Å². The van der Waals surface area contributed by atoms with Crippen LogP contribution in [0.3, 0.4) is 0 Å². The van der Waals surface area contributed by atoms with Crippen LogP contribution in [0.15, 0.2) is 35.3 Å². The van der Waals surface area contributed by atoms with Gasteiger partial charge in [0.2, 0.25) is 5.91 Å². The van der Waals surface area contributed by atoms with E-state index in [1.165, 1.54) is 4.68 Å². The Kier molecular flexibility index (Phi) is 4.89. The van der Waals surface area contributed by atoms with Crippen molar-refractivity contribution >= 4 is 16.8 Å². The summed E-state index contributed by atoms with van der Waals surface area (Å²) in [5.74, 6) is 0.330. The molecule has 0 bridgehead atoms. The Morgan fingerprint density at radius 1 is 1.10 bits per heavy atom. The number of hydrogen-bond donors (Lipinski definition) is 0. The molecule has 0 spiro atoms. The van der Waals surface area contributed by atoms with E-state index in [4.69, 9.17) is 0 Å². The molecule has 1 aliphatic carbocycles. The summed E-state index contributed by atoms with van der Waals surface area (Å²) in [6.45, 7) is 3.54. The van der Waals surface area contributed by atoms with Crippen LogP contribution in [-0.4, -0.2) is 43.5 Å². The molecule has 0 atom stereocenters. The summed E-state index contributed by atoms with van der Waals surface area (Å²) >= 11 is 0. The number of carbonyl (C=O) groups is 1. The number of nitrogens with zero attached hydrogens (tertiary/aromatic N) is 5. The minimum atomic E-state index is -0.252. The zero-order valence-electron chi connectivity index (χ0n) is 17.4. The lowest BCUT2D eigenvalue weighted by Gasteiger charge is -2.20. The molecule has 2 aliphatic rings. The van der Waals surface area contributed by atoms with Gasteiger partial charge >= 0.3 is 0 Å². The van der Waals surface area contributed by atoms with Crippen LogP contribution >= 0.6 is 0 Å². The summed E-state index contributed by atoms with van der Waals surface area (Å²) in [6, 6.07) is 7.89. The second-order valence-electron chi connectivity index (χ2n) is 8.52. The first-order valence-corrected chi connectivity index (χ1v) is 11.0. The molecule has 0 radical (unpaired) electrons. The van der Waals surface area contributed by atoms with Crippen molar-refractivity contribution < 1.29 is 4.79 Å². The molecular formula is C23H27N5O2. The molecule has 0 N–H and O–H groups in total. The van der Waals surface area contributed by atoms with Crippen LogP contribution in [0.2, 0.25) is 0 Å². The van der Waals surface area contributed by atoms with Crippen LogP contribution < -0.4 is 5.56 Å². The average molecular weight is 406 g/mol. The van der Waals surface area contributed by atoms with Gasteiger partial charge in [-0.1, -0.05) is 31.0 Å². The van der Waals surface area contributed by atoms with Gasteiger partial charge in [0, 0.05) is 24.4 Å². The number of aryl methyl sites for hydroxylation is 1. The van der Waals surface area contributed by atoms with E-state index in [9.17, 15) is 9.59 Å². The van der Waals surface area contributed by atoms with Gasteiger partial charge in [-0.3, -0.25) is 9.59 Å². The van der Waals surface area contributed by atoms with Crippen molar-refractivity contribution in [3.05, 3.63) is 52.1 Å². The smallest absolute Gasteiger partial charge is 0.293 e. The summed E-state index contributed by atoms with van der Waals surface area (Å²) < 4.78 is 3.09. The highest BCUT2D eigenvalue weighted by atomic mass is 16.2. The predicted octanol–water partition coefficient (Wildman–Crippen LogP) is 3.17. The van der Waals surface area contributed by atoms with Crippen molar-refractivity contribution in [3.63, 3.8) is 0 Å². The number of amides is 1. The fourth-order valence-corrected chi connectivity index (χ4v) is 4.39. The predicted molar refractivity (Wildman–Crippen MR) is 115 cm³/mol. The molecule has 2 fully saturated rings. The first-order valence-electron chi connectivity index (χ1n) is 11.0. The number of rotatable bonds is 4. The minimum Gasteiger partial charge on any atom is -0.341 e. The van der Waals surface area contributed by atoms with Crippen LogP contribution in [0.4, 0.5) is 0 Å². The SMILES string of the molecule is Cc1ccccc1-n1ncc2c(C3CC3)nn(CC(=O)N3CCCCCC3)c(=O)c21. The molecule has 1 amide bonds. The number of aromatic nitrogens is 4. The Morgan fingerprint density at radius 2 is 1.83 bits per heavy atom. The lowest BCUT2D eigenvalue weighted by molar-refractivity contribution is -0.132. The molecule has 30 heavy (non-hydrogen) atoms. The lowest BCUT2D eigenvalue weighted by Crippen LogP contribution is -2.38. The maximum absolute atomic E-state index is 13.4. The molecule has 2 aromatic heterocycles. The molecule has 0 unspecified atom stereocenters. The Labute approximate surface area is 175 Å². The molecule has 1 saturated heterocycles. The third-order valence-electron chi connectivity index (χ3n) is 6.26. The van der Waals surface area contributed by atoms with E-state index in [-0.39, 0.29) is 18.0 Å². The summed E-state index contributed by atoms with van der Waals surface area (Å²) in [5, 5.41) is 10.0. The van der Waals surface area contributed by atoms with Gasteiger partial charge in [0.05, 0.1) is 17.6 Å². The van der Waals surface area contributed by atoms with E-state index < -0.39 is 0 Å². The monoisotopic (exact) mass is 405 g/mol. The summed E-state index contributed by atoms with van der Waals surface area (Å²) in [5.41, 5.74) is 3.08. The van der Waals surface area contributed by atoms with Gasteiger partial charge < -0.3 is 4.90 Å². The fourth-order valence-electron chi connectivity index (χ4n) is 4.39. The van der Waals surface area contributed by atoms with Gasteiger partial charge in [-0.2, -0.15) is 10.2 Å². The van der Waals surface area contributed by atoms with Crippen LogP contribution in [0.1, 0.15) is 55.7 Å². The summed E-state index contributed by atoms with van der Waals surface area (Å²) in [7, 11) is 0. The second-order valence-corrected chi connectivity index (χ2v) is 8.52. The van der Waals surface area contributed by atoms with Crippen molar-refractivity contribution in [1.29, 1.82) is 0 Å². The fraction of sp³-hybridized carbons (Fsp3) is 0.478. The van der Waals surface area contributed by atoms with Gasteiger partial charge in [0.15, 0.2) is 0 Å². The normalized spacial score (nSPS) is 17.3. The Hall–Kier alpha value is -2.96. The number of fused-ring (bicyclic) bond motifs is 1. The molecular weight excluding hydrogens is 378 g/mol. The number of para-hydroxylation sites is 1. The molecule has 3 heterocycles. The molecule has 5 rings (SSSR count). The van der Waals surface area contributed by atoms with E-state index in [2.05, 4.69) is 10.2 Å². The summed E-state index contributed by atoms with van der Waals surface area (Å²) in [4.78, 5) is 28.3. The van der Waals surface area contributed by atoms with Crippen LogP contribution in [-0.2, 0) is 11.3 Å². The van der Waals surface area contributed by atoms with Crippen molar-refractivity contribution in [2.75, 3.05) is 13.1 Å². The minimum absolute atomic E-state index is 0.00650. The van der Waals surface area contributed by atoms with Crippen molar-refractivity contribution in [2.45, 2.75) is 57.9 Å². The number of carbonyl (C=O) groups excluding carboxylic acids is 1. The zero-order valence-corrected chi connectivity index (χ0v) is 17.4. The van der Waals surface area contributed by atoms with E-state index in [1.54, 1.807) is 10.9 Å².